The normalized spacial score (nSPS) is 11.7. The van der Waals surface area contributed by atoms with Crippen LogP contribution in [-0.4, -0.2) is 31.0 Å². The minimum absolute atomic E-state index is 0.0464. The number of ether oxygens (including phenoxy) is 1. The summed E-state index contributed by atoms with van der Waals surface area (Å²) in [7, 11) is 1.65. The second-order valence-electron chi connectivity index (χ2n) is 8.17. The van der Waals surface area contributed by atoms with Crippen molar-refractivity contribution in [1.29, 1.82) is 0 Å². The van der Waals surface area contributed by atoms with Gasteiger partial charge in [-0.25, -0.2) is 0 Å². The highest BCUT2D eigenvalue weighted by Crippen LogP contribution is 2.38. The standard InChI is InChI=1S/C27H33NO3/c1-7-11-28(12-8-2)27(29)14-20(5)22-15-23-24(17-31-26(23)16-25(22)30-6)21-10-9-18(3)13-19(21)4/h9-10,13-17H,7-8,11-12H2,1-6H3/b20-14+. The first-order chi connectivity index (χ1) is 14.9. The molecule has 0 fully saturated rings. The predicted octanol–water partition coefficient (Wildman–Crippen LogP) is 6.78. The van der Waals surface area contributed by atoms with E-state index in [0.29, 0.717) is 5.75 Å². The molecule has 164 valence electrons. The maximum Gasteiger partial charge on any atom is 0.246 e. The van der Waals surface area contributed by atoms with E-state index < -0.39 is 0 Å². The summed E-state index contributed by atoms with van der Waals surface area (Å²) in [6.07, 6.45) is 5.43. The van der Waals surface area contributed by atoms with E-state index >= 15 is 0 Å². The summed E-state index contributed by atoms with van der Waals surface area (Å²) >= 11 is 0. The van der Waals surface area contributed by atoms with Crippen LogP contribution in [0.25, 0.3) is 27.7 Å². The molecule has 4 nitrogen and oxygen atoms in total. The lowest BCUT2D eigenvalue weighted by molar-refractivity contribution is -0.126. The summed E-state index contributed by atoms with van der Waals surface area (Å²) < 4.78 is 11.5. The number of benzene rings is 2. The Kier molecular flexibility index (Phi) is 7.21. The molecule has 0 aliphatic heterocycles. The van der Waals surface area contributed by atoms with E-state index in [4.69, 9.17) is 9.15 Å². The average Bonchev–Trinajstić information content (AvgIpc) is 3.15. The minimum atomic E-state index is 0.0464. The molecular weight excluding hydrogens is 386 g/mol. The van der Waals surface area contributed by atoms with E-state index in [2.05, 4.69) is 52.0 Å². The molecule has 0 N–H and O–H groups in total. The maximum atomic E-state index is 12.9. The summed E-state index contributed by atoms with van der Waals surface area (Å²) in [6, 6.07) is 10.4. The van der Waals surface area contributed by atoms with Crippen LogP contribution in [0.2, 0.25) is 0 Å². The second kappa shape index (κ2) is 9.86. The first-order valence-corrected chi connectivity index (χ1v) is 11.0. The number of rotatable bonds is 8. The van der Waals surface area contributed by atoms with Gasteiger partial charge in [0.25, 0.3) is 0 Å². The van der Waals surface area contributed by atoms with E-state index in [1.54, 1.807) is 19.4 Å². The van der Waals surface area contributed by atoms with Crippen molar-refractivity contribution >= 4 is 22.4 Å². The number of fused-ring (bicyclic) bond motifs is 1. The summed E-state index contributed by atoms with van der Waals surface area (Å²) in [5.41, 5.74) is 7.20. The Bertz CT molecular complexity index is 1100. The maximum absolute atomic E-state index is 12.9. The molecule has 4 heteroatoms. The van der Waals surface area contributed by atoms with Gasteiger partial charge in [-0.1, -0.05) is 37.6 Å². The van der Waals surface area contributed by atoms with Crippen LogP contribution in [0.5, 0.6) is 5.75 Å². The number of aryl methyl sites for hydroxylation is 2. The lowest BCUT2D eigenvalue weighted by Crippen LogP contribution is -2.31. The van der Waals surface area contributed by atoms with Crippen LogP contribution in [0.1, 0.15) is 50.3 Å². The zero-order chi connectivity index (χ0) is 22.5. The molecule has 0 saturated heterocycles. The number of allylic oxidation sites excluding steroid dienone is 1. The van der Waals surface area contributed by atoms with Crippen molar-refractivity contribution in [2.45, 2.75) is 47.5 Å². The monoisotopic (exact) mass is 419 g/mol. The zero-order valence-corrected chi connectivity index (χ0v) is 19.5. The van der Waals surface area contributed by atoms with Crippen molar-refractivity contribution in [1.82, 2.24) is 4.90 Å². The van der Waals surface area contributed by atoms with Crippen LogP contribution in [0.4, 0.5) is 0 Å². The molecule has 0 atom stereocenters. The Hall–Kier alpha value is -3.01. The second-order valence-corrected chi connectivity index (χ2v) is 8.17. The van der Waals surface area contributed by atoms with Gasteiger partial charge >= 0.3 is 0 Å². The van der Waals surface area contributed by atoms with E-state index in [-0.39, 0.29) is 5.91 Å². The van der Waals surface area contributed by atoms with Crippen LogP contribution in [0.15, 0.2) is 47.1 Å². The van der Waals surface area contributed by atoms with Gasteiger partial charge in [-0.2, -0.15) is 0 Å². The SMILES string of the molecule is CCCN(CCC)C(=O)/C=C(\C)c1cc2c(-c3ccc(C)cc3C)coc2cc1OC. The smallest absolute Gasteiger partial charge is 0.246 e. The Morgan fingerprint density at radius 2 is 1.77 bits per heavy atom. The molecule has 0 aliphatic rings. The molecule has 0 saturated carbocycles. The van der Waals surface area contributed by atoms with Crippen LogP contribution >= 0.6 is 0 Å². The Labute approximate surface area is 185 Å². The molecule has 0 spiro atoms. The molecule has 1 aromatic heterocycles. The highest BCUT2D eigenvalue weighted by Gasteiger charge is 2.17. The van der Waals surface area contributed by atoms with Crippen LogP contribution < -0.4 is 4.74 Å². The molecule has 0 aliphatic carbocycles. The first-order valence-electron chi connectivity index (χ1n) is 11.0. The van der Waals surface area contributed by atoms with Crippen molar-refractivity contribution in [3.63, 3.8) is 0 Å². The number of hydrogen-bond acceptors (Lipinski definition) is 3. The average molecular weight is 420 g/mol. The van der Waals surface area contributed by atoms with E-state index in [1.807, 2.05) is 17.9 Å². The third kappa shape index (κ3) is 4.84. The summed E-state index contributed by atoms with van der Waals surface area (Å²) in [4.78, 5) is 14.8. The molecule has 0 bridgehead atoms. The number of hydrogen-bond donors (Lipinski definition) is 0. The van der Waals surface area contributed by atoms with Gasteiger partial charge in [0.2, 0.25) is 5.91 Å². The van der Waals surface area contributed by atoms with Crippen LogP contribution in [-0.2, 0) is 4.79 Å². The number of carbonyl (C=O) groups is 1. The van der Waals surface area contributed by atoms with Gasteiger partial charge in [0.05, 0.1) is 13.4 Å². The fourth-order valence-electron chi connectivity index (χ4n) is 4.08. The molecular formula is C27H33NO3. The fourth-order valence-corrected chi connectivity index (χ4v) is 4.08. The van der Waals surface area contributed by atoms with E-state index in [9.17, 15) is 4.79 Å². The van der Waals surface area contributed by atoms with Crippen molar-refractivity contribution < 1.29 is 13.9 Å². The van der Waals surface area contributed by atoms with Crippen molar-refractivity contribution in [3.05, 3.63) is 59.4 Å². The van der Waals surface area contributed by atoms with Gasteiger partial charge in [-0.05, 0) is 56.4 Å². The molecule has 31 heavy (non-hydrogen) atoms. The lowest BCUT2D eigenvalue weighted by Gasteiger charge is -2.20. The highest BCUT2D eigenvalue weighted by molar-refractivity contribution is 6.00. The zero-order valence-electron chi connectivity index (χ0n) is 19.5. The quantitative estimate of drug-likeness (QED) is 0.378. The van der Waals surface area contributed by atoms with Gasteiger partial charge in [-0.15, -0.1) is 0 Å². The third-order valence-corrected chi connectivity index (χ3v) is 5.63. The number of methoxy groups -OCH3 is 1. The topological polar surface area (TPSA) is 42.7 Å². The number of carbonyl (C=O) groups excluding carboxylic acids is 1. The van der Waals surface area contributed by atoms with Gasteiger partial charge < -0.3 is 14.1 Å². The minimum Gasteiger partial charge on any atom is -0.496 e. The molecule has 1 amide bonds. The van der Waals surface area contributed by atoms with Gasteiger partial charge in [0.15, 0.2) is 0 Å². The fraction of sp³-hybridized carbons (Fsp3) is 0.370. The summed E-state index contributed by atoms with van der Waals surface area (Å²) in [6.45, 7) is 11.9. The van der Waals surface area contributed by atoms with Gasteiger partial charge in [-0.3, -0.25) is 4.79 Å². The van der Waals surface area contributed by atoms with E-state index in [1.165, 1.54) is 11.1 Å². The molecule has 2 aromatic carbocycles. The lowest BCUT2D eigenvalue weighted by atomic mass is 9.96. The molecule has 0 unspecified atom stereocenters. The number of nitrogens with zero attached hydrogens (tertiary/aromatic N) is 1. The Morgan fingerprint density at radius 1 is 1.06 bits per heavy atom. The molecule has 1 heterocycles. The third-order valence-electron chi connectivity index (χ3n) is 5.63. The van der Waals surface area contributed by atoms with Gasteiger partial charge in [0, 0.05) is 41.7 Å². The molecule has 3 aromatic rings. The number of furan rings is 1. The predicted molar refractivity (Wildman–Crippen MR) is 128 cm³/mol. The summed E-state index contributed by atoms with van der Waals surface area (Å²) in [5, 5.41) is 1.02. The van der Waals surface area contributed by atoms with Gasteiger partial charge in [0.1, 0.15) is 11.3 Å². The largest absolute Gasteiger partial charge is 0.496 e. The van der Waals surface area contributed by atoms with Crippen molar-refractivity contribution in [2.24, 2.45) is 0 Å². The van der Waals surface area contributed by atoms with Crippen LogP contribution in [0, 0.1) is 13.8 Å². The Balaban J connectivity index is 2.08. The number of amides is 1. The summed E-state index contributed by atoms with van der Waals surface area (Å²) in [5.74, 6) is 0.748. The molecule has 0 radical (unpaired) electrons. The molecule has 3 rings (SSSR count). The first kappa shape index (κ1) is 22.7. The van der Waals surface area contributed by atoms with Crippen molar-refractivity contribution in [3.8, 4) is 16.9 Å². The van der Waals surface area contributed by atoms with Crippen LogP contribution in [0.3, 0.4) is 0 Å². The van der Waals surface area contributed by atoms with E-state index in [0.717, 1.165) is 59.2 Å². The Morgan fingerprint density at radius 3 is 2.39 bits per heavy atom. The highest BCUT2D eigenvalue weighted by atomic mass is 16.5. The van der Waals surface area contributed by atoms with Crippen molar-refractivity contribution in [2.75, 3.05) is 20.2 Å².